The Morgan fingerprint density at radius 2 is 2.16 bits per heavy atom. The van der Waals surface area contributed by atoms with Crippen LogP contribution in [0.15, 0.2) is 18.3 Å². The summed E-state index contributed by atoms with van der Waals surface area (Å²) in [5.74, 6) is 1.32. The Morgan fingerprint density at radius 3 is 2.96 bits per heavy atom. The summed E-state index contributed by atoms with van der Waals surface area (Å²) in [6.45, 7) is 1.93. The Kier molecular flexibility index (Phi) is 6.09. The zero-order chi connectivity index (χ0) is 17.5. The predicted molar refractivity (Wildman–Crippen MR) is 94.5 cm³/mol. The van der Waals surface area contributed by atoms with E-state index >= 15 is 0 Å². The first kappa shape index (κ1) is 17.5. The third-order valence-electron chi connectivity index (χ3n) is 4.73. The van der Waals surface area contributed by atoms with Gasteiger partial charge in [-0.2, -0.15) is 0 Å². The van der Waals surface area contributed by atoms with Crippen molar-refractivity contribution >= 4 is 17.8 Å². The van der Waals surface area contributed by atoms with E-state index in [1.165, 1.54) is 37.0 Å². The lowest BCUT2D eigenvalue weighted by molar-refractivity contribution is -0.116. The smallest absolute Gasteiger partial charge is 0.317 e. The van der Waals surface area contributed by atoms with Gasteiger partial charge in [-0.05, 0) is 37.3 Å². The second-order valence-electron chi connectivity index (χ2n) is 6.72. The van der Waals surface area contributed by atoms with E-state index in [1.807, 2.05) is 6.07 Å². The Labute approximate surface area is 148 Å². The standard InChI is InChI=1S/C18H26N4O3/c23-16(12-22-11-5-10-20-18(22)24)21-17-15(8-4-9-19-17)25-13-14-6-2-1-3-7-14/h4,8-9,14H,1-3,5-7,10-13H2,(H,20,24)(H,19,21,23). The second kappa shape index (κ2) is 8.69. The van der Waals surface area contributed by atoms with Crippen LogP contribution in [0.25, 0.3) is 0 Å². The molecule has 1 saturated carbocycles. The molecule has 0 bridgehead atoms. The summed E-state index contributed by atoms with van der Waals surface area (Å²) in [6, 6.07) is 3.42. The zero-order valence-electron chi connectivity index (χ0n) is 14.5. The quantitative estimate of drug-likeness (QED) is 0.828. The number of anilines is 1. The lowest BCUT2D eigenvalue weighted by Gasteiger charge is -2.26. The highest BCUT2D eigenvalue weighted by atomic mass is 16.5. The van der Waals surface area contributed by atoms with Gasteiger partial charge in [0, 0.05) is 19.3 Å². The molecule has 1 aromatic heterocycles. The van der Waals surface area contributed by atoms with Crippen LogP contribution in [0.1, 0.15) is 38.5 Å². The van der Waals surface area contributed by atoms with Gasteiger partial charge in [-0.1, -0.05) is 19.3 Å². The van der Waals surface area contributed by atoms with Crippen molar-refractivity contribution in [3.8, 4) is 5.75 Å². The van der Waals surface area contributed by atoms with Gasteiger partial charge in [-0.25, -0.2) is 9.78 Å². The molecule has 0 aromatic carbocycles. The van der Waals surface area contributed by atoms with Gasteiger partial charge in [0.1, 0.15) is 6.54 Å². The fourth-order valence-electron chi connectivity index (χ4n) is 3.34. The van der Waals surface area contributed by atoms with Crippen LogP contribution in [0.3, 0.4) is 0 Å². The van der Waals surface area contributed by atoms with E-state index in [-0.39, 0.29) is 18.5 Å². The minimum atomic E-state index is -0.265. The molecule has 0 unspecified atom stereocenters. The van der Waals surface area contributed by atoms with E-state index in [0.29, 0.717) is 37.2 Å². The summed E-state index contributed by atoms with van der Waals surface area (Å²) in [5.41, 5.74) is 0. The van der Waals surface area contributed by atoms with E-state index in [1.54, 1.807) is 12.3 Å². The molecule has 7 nitrogen and oxygen atoms in total. The topological polar surface area (TPSA) is 83.6 Å². The van der Waals surface area contributed by atoms with Gasteiger partial charge in [0.15, 0.2) is 11.6 Å². The SMILES string of the molecule is O=C(CN1CCCNC1=O)Nc1ncccc1OCC1CCCCC1. The van der Waals surface area contributed by atoms with Gasteiger partial charge in [-0.3, -0.25) is 4.79 Å². The molecule has 25 heavy (non-hydrogen) atoms. The number of urea groups is 1. The van der Waals surface area contributed by atoms with Crippen LogP contribution in [0, 0.1) is 5.92 Å². The van der Waals surface area contributed by atoms with E-state index < -0.39 is 0 Å². The summed E-state index contributed by atoms with van der Waals surface area (Å²) in [5, 5.41) is 5.51. The molecule has 3 rings (SSSR count). The number of rotatable bonds is 6. The van der Waals surface area contributed by atoms with Gasteiger partial charge >= 0.3 is 6.03 Å². The van der Waals surface area contributed by atoms with Crippen molar-refractivity contribution < 1.29 is 14.3 Å². The molecule has 3 amide bonds. The molecule has 136 valence electrons. The molecule has 2 fully saturated rings. The Bertz CT molecular complexity index is 602. The summed E-state index contributed by atoms with van der Waals surface area (Å²) in [6.07, 6.45) is 8.72. The van der Waals surface area contributed by atoms with Crippen LogP contribution in [0.4, 0.5) is 10.6 Å². The summed E-state index contributed by atoms with van der Waals surface area (Å²) < 4.78 is 5.92. The van der Waals surface area contributed by atoms with Crippen LogP contribution >= 0.6 is 0 Å². The van der Waals surface area contributed by atoms with Crippen LogP contribution in [0.5, 0.6) is 5.75 Å². The molecule has 1 aliphatic heterocycles. The largest absolute Gasteiger partial charge is 0.489 e. The number of carbonyl (C=O) groups excluding carboxylic acids is 2. The van der Waals surface area contributed by atoms with E-state index in [0.717, 1.165) is 6.42 Å². The van der Waals surface area contributed by atoms with Crippen LogP contribution in [0.2, 0.25) is 0 Å². The summed E-state index contributed by atoms with van der Waals surface area (Å²) >= 11 is 0. The molecule has 1 aliphatic carbocycles. The van der Waals surface area contributed by atoms with Crippen molar-refractivity contribution in [2.75, 3.05) is 31.6 Å². The molecule has 7 heteroatoms. The number of nitrogens with one attached hydrogen (secondary N) is 2. The maximum atomic E-state index is 12.3. The third kappa shape index (κ3) is 5.08. The normalized spacial score (nSPS) is 18.6. The first-order valence-electron chi connectivity index (χ1n) is 9.13. The molecular formula is C18H26N4O3. The number of carbonyl (C=O) groups is 2. The van der Waals surface area contributed by atoms with E-state index in [2.05, 4.69) is 15.6 Å². The lowest BCUT2D eigenvalue weighted by atomic mass is 9.90. The minimum absolute atomic E-state index is 0.0183. The average Bonchev–Trinajstić information content (AvgIpc) is 2.64. The van der Waals surface area contributed by atoms with Gasteiger partial charge < -0.3 is 20.3 Å². The second-order valence-corrected chi connectivity index (χ2v) is 6.72. The number of hydrogen-bond donors (Lipinski definition) is 2. The Balaban J connectivity index is 1.54. The number of pyridine rings is 1. The molecular weight excluding hydrogens is 320 g/mol. The van der Waals surface area contributed by atoms with Crippen LogP contribution < -0.4 is 15.4 Å². The fraction of sp³-hybridized carbons (Fsp3) is 0.611. The number of ether oxygens (including phenoxy) is 1. The van der Waals surface area contributed by atoms with Crippen molar-refractivity contribution in [3.05, 3.63) is 18.3 Å². The van der Waals surface area contributed by atoms with Gasteiger partial charge in [0.2, 0.25) is 5.91 Å². The van der Waals surface area contributed by atoms with E-state index in [9.17, 15) is 9.59 Å². The fourth-order valence-corrected chi connectivity index (χ4v) is 3.34. The third-order valence-corrected chi connectivity index (χ3v) is 4.73. The highest BCUT2D eigenvalue weighted by Gasteiger charge is 2.21. The molecule has 0 spiro atoms. The number of aromatic nitrogens is 1. The first-order chi connectivity index (χ1) is 12.2. The first-order valence-corrected chi connectivity index (χ1v) is 9.13. The summed E-state index contributed by atoms with van der Waals surface area (Å²) in [4.78, 5) is 29.7. The predicted octanol–water partition coefficient (Wildman–Crippen LogP) is 2.39. The monoisotopic (exact) mass is 346 g/mol. The van der Waals surface area contributed by atoms with Crippen molar-refractivity contribution in [1.29, 1.82) is 0 Å². The maximum absolute atomic E-state index is 12.3. The molecule has 1 saturated heterocycles. The van der Waals surface area contributed by atoms with Crippen LogP contribution in [-0.4, -0.2) is 48.1 Å². The summed E-state index contributed by atoms with van der Waals surface area (Å²) in [7, 11) is 0. The number of nitrogens with zero attached hydrogens (tertiary/aromatic N) is 2. The van der Waals surface area contributed by atoms with Crippen molar-refractivity contribution in [3.63, 3.8) is 0 Å². The Morgan fingerprint density at radius 1 is 1.32 bits per heavy atom. The lowest BCUT2D eigenvalue weighted by Crippen LogP contribution is -2.49. The zero-order valence-corrected chi connectivity index (χ0v) is 14.5. The minimum Gasteiger partial charge on any atom is -0.489 e. The van der Waals surface area contributed by atoms with E-state index in [4.69, 9.17) is 4.74 Å². The highest BCUT2D eigenvalue weighted by Crippen LogP contribution is 2.27. The molecule has 2 aliphatic rings. The molecule has 0 atom stereocenters. The highest BCUT2D eigenvalue weighted by molar-refractivity contribution is 5.94. The van der Waals surface area contributed by atoms with Crippen LogP contribution in [-0.2, 0) is 4.79 Å². The van der Waals surface area contributed by atoms with Crippen molar-refractivity contribution in [1.82, 2.24) is 15.2 Å². The average molecular weight is 346 g/mol. The molecule has 0 radical (unpaired) electrons. The van der Waals surface area contributed by atoms with Gasteiger partial charge in [0.25, 0.3) is 0 Å². The Hall–Kier alpha value is -2.31. The molecule has 2 N–H and O–H groups in total. The van der Waals surface area contributed by atoms with Gasteiger partial charge in [0.05, 0.1) is 6.61 Å². The van der Waals surface area contributed by atoms with Gasteiger partial charge in [-0.15, -0.1) is 0 Å². The molecule has 1 aromatic rings. The number of hydrogen-bond acceptors (Lipinski definition) is 4. The maximum Gasteiger partial charge on any atom is 0.317 e. The molecule has 2 heterocycles. The number of amides is 3. The van der Waals surface area contributed by atoms with Crippen molar-refractivity contribution in [2.24, 2.45) is 5.92 Å². The van der Waals surface area contributed by atoms with Crippen molar-refractivity contribution in [2.45, 2.75) is 38.5 Å².